The lowest BCUT2D eigenvalue weighted by molar-refractivity contribution is -0.150. The van der Waals surface area contributed by atoms with Crippen molar-refractivity contribution in [3.05, 3.63) is 48.6 Å². The molecule has 1 fully saturated rings. The number of rotatable bonds is 6. The molecule has 3 atom stereocenters. The lowest BCUT2D eigenvalue weighted by Gasteiger charge is -2.29. The molecule has 2 rings (SSSR count). The van der Waals surface area contributed by atoms with E-state index in [0.29, 0.717) is 12.6 Å². The van der Waals surface area contributed by atoms with E-state index in [0.717, 1.165) is 19.4 Å². The van der Waals surface area contributed by atoms with Crippen LogP contribution in [0.15, 0.2) is 43.0 Å². The molecular formula is C18H25NO2. The number of carbonyl (C=O) groups is 1. The van der Waals surface area contributed by atoms with Crippen molar-refractivity contribution in [3.8, 4) is 0 Å². The highest BCUT2D eigenvalue weighted by molar-refractivity contribution is 5.77. The van der Waals surface area contributed by atoms with Gasteiger partial charge in [-0.05, 0) is 25.3 Å². The van der Waals surface area contributed by atoms with Gasteiger partial charge in [0.25, 0.3) is 0 Å². The van der Waals surface area contributed by atoms with Crippen LogP contribution in [0, 0.1) is 5.92 Å². The van der Waals surface area contributed by atoms with Crippen LogP contribution in [0.25, 0.3) is 0 Å². The van der Waals surface area contributed by atoms with Gasteiger partial charge in [0.05, 0.1) is 6.61 Å². The molecule has 0 aromatic heterocycles. The van der Waals surface area contributed by atoms with Crippen LogP contribution >= 0.6 is 0 Å². The van der Waals surface area contributed by atoms with Crippen molar-refractivity contribution in [1.82, 2.24) is 4.90 Å². The quantitative estimate of drug-likeness (QED) is 0.593. The summed E-state index contributed by atoms with van der Waals surface area (Å²) in [6.45, 7) is 9.15. The van der Waals surface area contributed by atoms with Gasteiger partial charge in [-0.3, -0.25) is 9.69 Å². The largest absolute Gasteiger partial charge is 0.465 e. The Morgan fingerprint density at radius 3 is 2.67 bits per heavy atom. The van der Waals surface area contributed by atoms with Crippen molar-refractivity contribution in [2.24, 2.45) is 5.92 Å². The number of hydrogen-bond acceptors (Lipinski definition) is 3. The van der Waals surface area contributed by atoms with Gasteiger partial charge < -0.3 is 4.74 Å². The molecule has 0 saturated carbocycles. The van der Waals surface area contributed by atoms with Gasteiger partial charge in [-0.25, -0.2) is 0 Å². The summed E-state index contributed by atoms with van der Waals surface area (Å²) >= 11 is 0. The van der Waals surface area contributed by atoms with Crippen molar-refractivity contribution < 1.29 is 9.53 Å². The Morgan fingerprint density at radius 2 is 2.10 bits per heavy atom. The molecule has 114 valence electrons. The molecule has 0 radical (unpaired) electrons. The number of ether oxygens (including phenoxy) is 1. The van der Waals surface area contributed by atoms with Gasteiger partial charge >= 0.3 is 5.97 Å². The average Bonchev–Trinajstić information content (AvgIpc) is 2.86. The summed E-state index contributed by atoms with van der Waals surface area (Å²) in [6, 6.07) is 10.5. The van der Waals surface area contributed by atoms with Gasteiger partial charge in [0.2, 0.25) is 0 Å². The lowest BCUT2D eigenvalue weighted by Crippen LogP contribution is -2.43. The molecule has 1 aromatic rings. The van der Waals surface area contributed by atoms with Gasteiger partial charge in [-0.15, -0.1) is 6.58 Å². The number of nitrogens with zero attached hydrogens (tertiary/aromatic N) is 1. The first-order chi connectivity index (χ1) is 10.2. The lowest BCUT2D eigenvalue weighted by atomic mass is 9.98. The van der Waals surface area contributed by atoms with Crippen molar-refractivity contribution in [2.75, 3.05) is 6.61 Å². The summed E-state index contributed by atoms with van der Waals surface area (Å²) in [6.07, 6.45) is 3.93. The minimum atomic E-state index is -0.201. The highest BCUT2D eigenvalue weighted by Gasteiger charge is 2.43. The van der Waals surface area contributed by atoms with Crippen LogP contribution in [0.3, 0.4) is 0 Å². The van der Waals surface area contributed by atoms with Gasteiger partial charge in [-0.2, -0.15) is 0 Å². The molecule has 1 aromatic carbocycles. The molecule has 3 heteroatoms. The van der Waals surface area contributed by atoms with Crippen LogP contribution in [0.1, 0.15) is 32.3 Å². The minimum absolute atomic E-state index is 0.116. The molecule has 1 saturated heterocycles. The van der Waals surface area contributed by atoms with E-state index < -0.39 is 0 Å². The first-order valence-corrected chi connectivity index (χ1v) is 7.80. The first-order valence-electron chi connectivity index (χ1n) is 7.80. The van der Waals surface area contributed by atoms with Crippen molar-refractivity contribution in [3.63, 3.8) is 0 Å². The van der Waals surface area contributed by atoms with Gasteiger partial charge in [0, 0.05) is 18.5 Å². The van der Waals surface area contributed by atoms with E-state index in [1.54, 1.807) is 0 Å². The zero-order valence-electron chi connectivity index (χ0n) is 13.0. The fourth-order valence-corrected chi connectivity index (χ4v) is 3.24. The maximum Gasteiger partial charge on any atom is 0.323 e. The monoisotopic (exact) mass is 287 g/mol. The van der Waals surface area contributed by atoms with E-state index in [9.17, 15) is 4.79 Å². The molecule has 21 heavy (non-hydrogen) atoms. The van der Waals surface area contributed by atoms with E-state index in [4.69, 9.17) is 4.74 Å². The fraction of sp³-hybridized carbons (Fsp3) is 0.500. The number of likely N-dealkylation sites (tertiary alicyclic amines) is 1. The average molecular weight is 287 g/mol. The summed E-state index contributed by atoms with van der Waals surface area (Å²) in [5, 5.41) is 0. The van der Waals surface area contributed by atoms with Crippen molar-refractivity contribution in [1.29, 1.82) is 0 Å². The number of benzene rings is 1. The number of hydrogen-bond donors (Lipinski definition) is 0. The van der Waals surface area contributed by atoms with Gasteiger partial charge in [0.15, 0.2) is 0 Å². The van der Waals surface area contributed by atoms with Crippen LogP contribution < -0.4 is 0 Å². The zero-order chi connectivity index (χ0) is 15.2. The molecule has 0 aliphatic carbocycles. The molecule has 0 bridgehead atoms. The van der Waals surface area contributed by atoms with Gasteiger partial charge in [-0.1, -0.05) is 43.3 Å². The second-order valence-corrected chi connectivity index (χ2v) is 5.55. The fourth-order valence-electron chi connectivity index (χ4n) is 3.24. The summed E-state index contributed by atoms with van der Waals surface area (Å²) < 4.78 is 5.29. The Hall–Kier alpha value is -1.61. The maximum absolute atomic E-state index is 12.4. The molecule has 3 nitrogen and oxygen atoms in total. The summed E-state index contributed by atoms with van der Waals surface area (Å²) in [5.74, 6) is 0.0620. The predicted octanol–water partition coefficient (Wildman–Crippen LogP) is 3.40. The Kier molecular flexibility index (Phi) is 5.57. The van der Waals surface area contributed by atoms with E-state index in [-0.39, 0.29) is 17.9 Å². The first kappa shape index (κ1) is 15.8. The maximum atomic E-state index is 12.4. The standard InChI is InChI=1S/C18H25NO2/c1-4-15-12-16(5-2)19(17(15)18(20)21-6-3)13-14-10-8-7-9-11-14/h4,7-11,15-17H,1,5-6,12-13H2,2-3H3/t15-,16+,17-/m1/s1. The molecule has 0 spiro atoms. The summed E-state index contributed by atoms with van der Waals surface area (Å²) in [4.78, 5) is 14.7. The third kappa shape index (κ3) is 3.53. The zero-order valence-corrected chi connectivity index (χ0v) is 13.0. The number of carbonyl (C=O) groups excluding carboxylic acids is 1. The predicted molar refractivity (Wildman–Crippen MR) is 84.8 cm³/mol. The molecule has 1 aliphatic heterocycles. The van der Waals surface area contributed by atoms with E-state index in [1.807, 2.05) is 31.2 Å². The SMILES string of the molecule is C=C[C@@H]1C[C@H](CC)N(Cc2ccccc2)[C@H]1C(=O)OCC. The topological polar surface area (TPSA) is 29.5 Å². The van der Waals surface area contributed by atoms with Crippen LogP contribution in [0.4, 0.5) is 0 Å². The van der Waals surface area contributed by atoms with Crippen LogP contribution in [0.2, 0.25) is 0 Å². The Labute approximate surface area is 127 Å². The minimum Gasteiger partial charge on any atom is -0.465 e. The summed E-state index contributed by atoms with van der Waals surface area (Å²) in [7, 11) is 0. The third-order valence-electron chi connectivity index (χ3n) is 4.29. The molecule has 0 amide bonds. The molecular weight excluding hydrogens is 262 g/mol. The van der Waals surface area contributed by atoms with Crippen molar-refractivity contribution in [2.45, 2.75) is 45.3 Å². The Balaban J connectivity index is 2.23. The molecule has 1 aliphatic rings. The third-order valence-corrected chi connectivity index (χ3v) is 4.29. The highest BCUT2D eigenvalue weighted by Crippen LogP contribution is 2.34. The Bertz CT molecular complexity index is 471. The molecule has 0 N–H and O–H groups in total. The van der Waals surface area contributed by atoms with Gasteiger partial charge in [0.1, 0.15) is 6.04 Å². The highest BCUT2D eigenvalue weighted by atomic mass is 16.5. The van der Waals surface area contributed by atoms with Crippen LogP contribution in [0.5, 0.6) is 0 Å². The summed E-state index contributed by atoms with van der Waals surface area (Å²) in [5.41, 5.74) is 1.23. The van der Waals surface area contributed by atoms with Crippen molar-refractivity contribution >= 4 is 5.97 Å². The molecule has 0 unspecified atom stereocenters. The second-order valence-electron chi connectivity index (χ2n) is 5.55. The van der Waals surface area contributed by atoms with Crippen LogP contribution in [-0.2, 0) is 16.1 Å². The second kappa shape index (κ2) is 7.41. The smallest absolute Gasteiger partial charge is 0.323 e. The molecule has 1 heterocycles. The van der Waals surface area contributed by atoms with E-state index >= 15 is 0 Å². The van der Waals surface area contributed by atoms with Crippen LogP contribution in [-0.4, -0.2) is 29.6 Å². The Morgan fingerprint density at radius 1 is 1.38 bits per heavy atom. The normalized spacial score (nSPS) is 25.7. The number of esters is 1. The van der Waals surface area contributed by atoms with E-state index in [2.05, 4.69) is 30.5 Å². The van der Waals surface area contributed by atoms with E-state index in [1.165, 1.54) is 5.56 Å².